The van der Waals surface area contributed by atoms with Gasteiger partial charge >= 0.3 is 0 Å². The van der Waals surface area contributed by atoms with Crippen LogP contribution in [0.4, 0.5) is 15.8 Å². The van der Waals surface area contributed by atoms with Gasteiger partial charge in [-0.3, -0.25) is 25.0 Å². The number of benzene rings is 3. The van der Waals surface area contributed by atoms with E-state index in [1.54, 1.807) is 0 Å². The smallest absolute Gasteiger partial charge is 0.269 e. The number of nitrogens with zero attached hydrogens (tertiary/aromatic N) is 2. The minimum Gasteiger partial charge on any atom is -0.456 e. The molecule has 0 saturated carbocycles. The zero-order chi connectivity index (χ0) is 22.1. The second-order valence-corrected chi connectivity index (χ2v) is 6.78. The number of halogens is 1. The van der Waals surface area contributed by atoms with Gasteiger partial charge in [0.25, 0.3) is 11.4 Å². The van der Waals surface area contributed by atoms with Gasteiger partial charge in [-0.2, -0.15) is 0 Å². The lowest BCUT2D eigenvalue weighted by Crippen LogP contribution is -2.12. The molecule has 0 aliphatic rings. The molecule has 9 heteroatoms. The van der Waals surface area contributed by atoms with E-state index in [1.165, 1.54) is 60.7 Å². The predicted molar refractivity (Wildman–Crippen MR) is 110 cm³/mol. The van der Waals surface area contributed by atoms with E-state index >= 15 is 0 Å². The first-order valence-corrected chi connectivity index (χ1v) is 9.07. The summed E-state index contributed by atoms with van der Waals surface area (Å²) in [4.78, 5) is 33.9. The summed E-state index contributed by atoms with van der Waals surface area (Å²) >= 11 is 0. The quantitative estimate of drug-likeness (QED) is 0.331. The van der Waals surface area contributed by atoms with Crippen molar-refractivity contribution in [2.45, 2.75) is 6.42 Å². The Labute approximate surface area is 173 Å². The van der Waals surface area contributed by atoms with Crippen LogP contribution in [0.3, 0.4) is 0 Å². The Hall–Kier alpha value is -4.40. The molecule has 0 saturated heterocycles. The minimum atomic E-state index is -0.593. The normalized spacial score (nSPS) is 10.9. The van der Waals surface area contributed by atoms with Crippen LogP contribution in [0, 0.1) is 26.0 Å². The Morgan fingerprint density at radius 2 is 1.42 bits per heavy atom. The minimum absolute atomic E-state index is 0.0579. The van der Waals surface area contributed by atoms with Crippen molar-refractivity contribution in [3.05, 3.63) is 114 Å². The van der Waals surface area contributed by atoms with Crippen LogP contribution in [0.5, 0.6) is 0 Å². The van der Waals surface area contributed by atoms with Crippen molar-refractivity contribution in [2.24, 2.45) is 0 Å². The third kappa shape index (κ3) is 3.88. The number of hydrogen-bond acceptors (Lipinski definition) is 6. The fraction of sp³-hybridized carbons (Fsp3) is 0.0455. The van der Waals surface area contributed by atoms with Crippen LogP contribution in [0.1, 0.15) is 11.1 Å². The molecule has 0 aliphatic carbocycles. The topological polar surface area (TPSA) is 116 Å². The third-order valence-electron chi connectivity index (χ3n) is 4.81. The molecule has 0 atom stereocenters. The van der Waals surface area contributed by atoms with Crippen molar-refractivity contribution in [3.63, 3.8) is 0 Å². The number of nitro groups is 2. The molecule has 0 radical (unpaired) electrons. The summed E-state index contributed by atoms with van der Waals surface area (Å²) in [6.45, 7) is 0. The molecule has 1 aromatic heterocycles. The van der Waals surface area contributed by atoms with Crippen molar-refractivity contribution in [2.75, 3.05) is 0 Å². The van der Waals surface area contributed by atoms with Crippen LogP contribution in [0.15, 0.2) is 75.9 Å². The fourth-order valence-corrected chi connectivity index (χ4v) is 3.27. The summed E-state index contributed by atoms with van der Waals surface area (Å²) in [6, 6.07) is 14.8. The average molecular weight is 420 g/mol. The predicted octanol–water partition coefficient (Wildman–Crippen LogP) is 5.01. The molecular weight excluding hydrogens is 407 g/mol. The Morgan fingerprint density at radius 3 is 2.00 bits per heavy atom. The Balaban J connectivity index is 1.89. The van der Waals surface area contributed by atoms with Gasteiger partial charge in [0.1, 0.15) is 17.2 Å². The lowest BCUT2D eigenvalue weighted by Gasteiger charge is -2.11. The van der Waals surface area contributed by atoms with Gasteiger partial charge in [-0.25, -0.2) is 4.39 Å². The highest BCUT2D eigenvalue weighted by Crippen LogP contribution is 2.29. The van der Waals surface area contributed by atoms with Gasteiger partial charge in [-0.15, -0.1) is 0 Å². The van der Waals surface area contributed by atoms with Crippen LogP contribution in [0.2, 0.25) is 0 Å². The van der Waals surface area contributed by atoms with Crippen molar-refractivity contribution in [3.8, 4) is 11.3 Å². The highest BCUT2D eigenvalue weighted by Gasteiger charge is 2.18. The molecule has 1 heterocycles. The summed E-state index contributed by atoms with van der Waals surface area (Å²) in [5.74, 6) is -0.401. The van der Waals surface area contributed by atoms with Crippen LogP contribution in [-0.4, -0.2) is 9.85 Å². The van der Waals surface area contributed by atoms with Gasteiger partial charge in [0.15, 0.2) is 5.43 Å². The number of fused-ring (bicyclic) bond motifs is 1. The lowest BCUT2D eigenvalue weighted by molar-refractivity contribution is -0.385. The molecule has 0 spiro atoms. The van der Waals surface area contributed by atoms with Crippen LogP contribution in [-0.2, 0) is 6.42 Å². The molecule has 4 aromatic rings. The maximum Gasteiger partial charge on any atom is 0.269 e. The number of nitro benzene ring substituents is 2. The van der Waals surface area contributed by atoms with E-state index in [9.17, 15) is 29.4 Å². The number of non-ortho nitro benzene ring substituents is 2. The van der Waals surface area contributed by atoms with E-state index in [1.807, 2.05) is 0 Å². The van der Waals surface area contributed by atoms with E-state index in [0.717, 1.165) is 6.07 Å². The lowest BCUT2D eigenvalue weighted by atomic mass is 9.98. The molecule has 0 aliphatic heterocycles. The Kier molecular flexibility index (Phi) is 5.00. The van der Waals surface area contributed by atoms with Crippen molar-refractivity contribution in [1.29, 1.82) is 0 Å². The standard InChI is InChI=1S/C22H13FN2O6/c23-15-5-10-20-18(12-15)21(26)19(11-13-1-6-16(7-2-13)24(27)28)22(31-20)14-3-8-17(9-4-14)25(29)30/h1-10,12H,11H2. The maximum absolute atomic E-state index is 13.7. The highest BCUT2D eigenvalue weighted by molar-refractivity contribution is 5.80. The van der Waals surface area contributed by atoms with E-state index in [2.05, 4.69) is 0 Å². The molecule has 8 nitrogen and oxygen atoms in total. The molecule has 3 aromatic carbocycles. The van der Waals surface area contributed by atoms with Gasteiger partial charge < -0.3 is 4.42 Å². The summed E-state index contributed by atoms with van der Waals surface area (Å²) in [5, 5.41) is 21.9. The Bertz CT molecular complexity index is 1380. The summed E-state index contributed by atoms with van der Waals surface area (Å²) in [7, 11) is 0. The van der Waals surface area contributed by atoms with Crippen LogP contribution in [0.25, 0.3) is 22.3 Å². The number of hydrogen-bond donors (Lipinski definition) is 0. The molecule has 0 unspecified atom stereocenters. The molecule has 0 amide bonds. The first-order valence-electron chi connectivity index (χ1n) is 9.07. The van der Waals surface area contributed by atoms with Gasteiger partial charge in [0, 0.05) is 41.8 Å². The fourth-order valence-electron chi connectivity index (χ4n) is 3.27. The molecule has 31 heavy (non-hydrogen) atoms. The van der Waals surface area contributed by atoms with Gasteiger partial charge in [0.05, 0.1) is 15.2 Å². The monoisotopic (exact) mass is 420 g/mol. The molecule has 4 rings (SSSR count). The first kappa shape index (κ1) is 19.9. The molecular formula is C22H13FN2O6. The summed E-state index contributed by atoms with van der Waals surface area (Å²) in [6.07, 6.45) is 0.0686. The summed E-state index contributed by atoms with van der Waals surface area (Å²) < 4.78 is 19.6. The van der Waals surface area contributed by atoms with E-state index < -0.39 is 21.1 Å². The van der Waals surface area contributed by atoms with Crippen LogP contribution >= 0.6 is 0 Å². The second kappa shape index (κ2) is 7.79. The maximum atomic E-state index is 13.7. The van der Waals surface area contributed by atoms with E-state index in [-0.39, 0.29) is 40.1 Å². The van der Waals surface area contributed by atoms with E-state index in [0.29, 0.717) is 11.1 Å². The second-order valence-electron chi connectivity index (χ2n) is 6.78. The average Bonchev–Trinajstić information content (AvgIpc) is 2.76. The highest BCUT2D eigenvalue weighted by atomic mass is 19.1. The largest absolute Gasteiger partial charge is 0.456 e. The summed E-state index contributed by atoms with van der Waals surface area (Å²) in [5.41, 5.74) is 0.765. The number of rotatable bonds is 5. The first-order chi connectivity index (χ1) is 14.8. The van der Waals surface area contributed by atoms with Crippen LogP contribution < -0.4 is 5.43 Å². The van der Waals surface area contributed by atoms with Crippen molar-refractivity contribution >= 4 is 22.3 Å². The van der Waals surface area contributed by atoms with Gasteiger partial charge in [-0.1, -0.05) is 12.1 Å². The molecule has 0 N–H and O–H groups in total. The van der Waals surface area contributed by atoms with Gasteiger partial charge in [0.2, 0.25) is 0 Å². The SMILES string of the molecule is O=c1c(Cc2ccc([N+](=O)[O-])cc2)c(-c2ccc([N+](=O)[O-])cc2)oc2ccc(F)cc12. The zero-order valence-corrected chi connectivity index (χ0v) is 15.8. The van der Waals surface area contributed by atoms with Crippen molar-refractivity contribution in [1.82, 2.24) is 0 Å². The van der Waals surface area contributed by atoms with E-state index in [4.69, 9.17) is 4.42 Å². The van der Waals surface area contributed by atoms with Crippen molar-refractivity contribution < 1.29 is 18.7 Å². The van der Waals surface area contributed by atoms with Gasteiger partial charge in [-0.05, 0) is 35.9 Å². The molecule has 0 fully saturated rings. The Morgan fingerprint density at radius 1 is 0.839 bits per heavy atom. The molecule has 154 valence electrons. The zero-order valence-electron chi connectivity index (χ0n) is 15.8. The molecule has 0 bridgehead atoms. The third-order valence-corrected chi connectivity index (χ3v) is 4.81.